The molecule has 3 rings (SSSR count). The van der Waals surface area contributed by atoms with Crippen LogP contribution in [0.1, 0.15) is 16.1 Å². The molecule has 0 radical (unpaired) electrons. The summed E-state index contributed by atoms with van der Waals surface area (Å²) in [5, 5.41) is 7.58. The number of amides is 1. The van der Waals surface area contributed by atoms with E-state index in [0.29, 0.717) is 16.3 Å². The normalized spacial score (nSPS) is 10.7. The fraction of sp³-hybridized carbons (Fsp3) is 0.118. The quantitative estimate of drug-likeness (QED) is 0.804. The maximum atomic E-state index is 13.3. The first-order chi connectivity index (χ1) is 11.1. The predicted octanol–water partition coefficient (Wildman–Crippen LogP) is 1.94. The van der Waals surface area contributed by atoms with E-state index < -0.39 is 0 Å². The summed E-state index contributed by atoms with van der Waals surface area (Å²) < 4.78 is 14.5. The first-order valence-corrected chi connectivity index (χ1v) is 7.06. The van der Waals surface area contributed by atoms with E-state index in [1.807, 2.05) is 0 Å². The number of benzene rings is 2. The van der Waals surface area contributed by atoms with Crippen molar-refractivity contribution in [2.24, 2.45) is 0 Å². The van der Waals surface area contributed by atoms with Gasteiger partial charge in [-0.15, -0.1) is 0 Å². The lowest BCUT2D eigenvalue weighted by Gasteiger charge is -2.10. The van der Waals surface area contributed by atoms with Gasteiger partial charge in [-0.25, -0.2) is 9.07 Å². The van der Waals surface area contributed by atoms with Crippen molar-refractivity contribution in [2.45, 2.75) is 6.54 Å². The highest BCUT2D eigenvalue weighted by Crippen LogP contribution is 2.14. The highest BCUT2D eigenvalue weighted by molar-refractivity contribution is 6.04. The summed E-state index contributed by atoms with van der Waals surface area (Å²) in [6.45, 7) is 0.0887. The van der Waals surface area contributed by atoms with Crippen LogP contribution in [-0.4, -0.2) is 22.7 Å². The van der Waals surface area contributed by atoms with Crippen molar-refractivity contribution < 1.29 is 9.18 Å². The van der Waals surface area contributed by atoms with Gasteiger partial charge in [0.05, 0.1) is 11.9 Å². The largest absolute Gasteiger partial charge is 0.354 e. The van der Waals surface area contributed by atoms with E-state index >= 15 is 0 Å². The second-order valence-corrected chi connectivity index (χ2v) is 5.07. The molecule has 23 heavy (non-hydrogen) atoms. The molecule has 1 N–H and O–H groups in total. The summed E-state index contributed by atoms with van der Waals surface area (Å²) in [6, 6.07) is 12.7. The third-order valence-electron chi connectivity index (χ3n) is 3.53. The Hall–Kier alpha value is -3.02. The number of halogens is 1. The van der Waals surface area contributed by atoms with Crippen LogP contribution in [-0.2, 0) is 6.54 Å². The van der Waals surface area contributed by atoms with E-state index in [9.17, 15) is 14.0 Å². The smallest absolute Gasteiger partial charge is 0.274 e. The minimum absolute atomic E-state index is 0.0887. The van der Waals surface area contributed by atoms with Crippen LogP contribution in [0.25, 0.3) is 10.8 Å². The van der Waals surface area contributed by atoms with Crippen molar-refractivity contribution in [1.29, 1.82) is 0 Å². The molecule has 3 aromatic rings. The topological polar surface area (TPSA) is 64.0 Å². The van der Waals surface area contributed by atoms with Crippen LogP contribution in [0, 0.1) is 5.82 Å². The van der Waals surface area contributed by atoms with Gasteiger partial charge < -0.3 is 5.32 Å². The van der Waals surface area contributed by atoms with Crippen LogP contribution in [0.15, 0.2) is 53.3 Å². The number of hydrogen-bond donors (Lipinski definition) is 1. The molecule has 6 heteroatoms. The Morgan fingerprint density at radius 3 is 2.61 bits per heavy atom. The van der Waals surface area contributed by atoms with Gasteiger partial charge in [0.2, 0.25) is 0 Å². The Morgan fingerprint density at radius 1 is 1.17 bits per heavy atom. The van der Waals surface area contributed by atoms with Gasteiger partial charge in [-0.2, -0.15) is 5.10 Å². The minimum atomic E-state index is -0.386. The Morgan fingerprint density at radius 2 is 1.91 bits per heavy atom. The zero-order chi connectivity index (χ0) is 16.4. The molecule has 2 aromatic carbocycles. The molecule has 1 heterocycles. The van der Waals surface area contributed by atoms with Gasteiger partial charge in [0.1, 0.15) is 5.82 Å². The lowest BCUT2D eigenvalue weighted by Crippen LogP contribution is -2.29. The Balaban J connectivity index is 2.19. The molecule has 0 fully saturated rings. The summed E-state index contributed by atoms with van der Waals surface area (Å²) in [4.78, 5) is 24.6. The molecule has 0 bridgehead atoms. The Kier molecular flexibility index (Phi) is 3.89. The third kappa shape index (κ3) is 2.83. The molecule has 0 unspecified atom stereocenters. The van der Waals surface area contributed by atoms with Gasteiger partial charge in [0.25, 0.3) is 11.5 Å². The predicted molar refractivity (Wildman–Crippen MR) is 84.9 cm³/mol. The van der Waals surface area contributed by atoms with Crippen LogP contribution in [0.5, 0.6) is 0 Å². The van der Waals surface area contributed by atoms with Crippen LogP contribution in [0.3, 0.4) is 0 Å². The van der Waals surface area contributed by atoms with Crippen molar-refractivity contribution in [3.63, 3.8) is 0 Å². The molecular weight excluding hydrogens is 297 g/mol. The van der Waals surface area contributed by atoms with Gasteiger partial charge in [-0.3, -0.25) is 9.59 Å². The first-order valence-electron chi connectivity index (χ1n) is 7.06. The molecule has 0 spiro atoms. The second-order valence-electron chi connectivity index (χ2n) is 5.07. The van der Waals surface area contributed by atoms with E-state index in [2.05, 4.69) is 10.4 Å². The van der Waals surface area contributed by atoms with Crippen molar-refractivity contribution in [2.75, 3.05) is 7.05 Å². The summed E-state index contributed by atoms with van der Waals surface area (Å²) in [7, 11) is 1.50. The minimum Gasteiger partial charge on any atom is -0.354 e. The number of nitrogens with one attached hydrogen (secondary N) is 1. The number of nitrogens with zero attached hydrogens (tertiary/aromatic N) is 2. The number of fused-ring (bicyclic) bond motifs is 1. The summed E-state index contributed by atoms with van der Waals surface area (Å²) in [6.07, 6.45) is 0. The number of hydrogen-bond acceptors (Lipinski definition) is 3. The number of carbonyl (C=O) groups excluding carboxylic acids is 1. The van der Waals surface area contributed by atoms with Crippen LogP contribution >= 0.6 is 0 Å². The fourth-order valence-electron chi connectivity index (χ4n) is 2.44. The molecule has 1 amide bonds. The standard InChI is InChI=1S/C17H14FN3O2/c1-19-16(22)15-13-7-2-3-8-14(13)17(23)21(20-15)10-11-5-4-6-12(18)9-11/h2-9H,10H2,1H3,(H,19,22). The highest BCUT2D eigenvalue weighted by atomic mass is 19.1. The molecular formula is C17H14FN3O2. The second kappa shape index (κ2) is 6.00. The van der Waals surface area contributed by atoms with Gasteiger partial charge in [0, 0.05) is 12.4 Å². The fourth-order valence-corrected chi connectivity index (χ4v) is 2.44. The van der Waals surface area contributed by atoms with E-state index in [0.717, 1.165) is 0 Å². The highest BCUT2D eigenvalue weighted by Gasteiger charge is 2.15. The Labute approximate surface area is 131 Å². The van der Waals surface area contributed by atoms with E-state index in [4.69, 9.17) is 0 Å². The summed E-state index contributed by atoms with van der Waals surface area (Å²) in [5.74, 6) is -0.767. The SMILES string of the molecule is CNC(=O)c1nn(Cc2cccc(F)c2)c(=O)c2ccccc12. The van der Waals surface area contributed by atoms with Gasteiger partial charge in [-0.05, 0) is 23.8 Å². The van der Waals surface area contributed by atoms with Gasteiger partial charge in [-0.1, -0.05) is 30.3 Å². The Bertz CT molecular complexity index is 950. The molecule has 116 valence electrons. The monoisotopic (exact) mass is 311 g/mol. The number of rotatable bonds is 3. The zero-order valence-electron chi connectivity index (χ0n) is 12.4. The van der Waals surface area contributed by atoms with E-state index in [-0.39, 0.29) is 29.5 Å². The molecule has 0 saturated heterocycles. The molecule has 5 nitrogen and oxygen atoms in total. The molecule has 0 aliphatic carbocycles. The van der Waals surface area contributed by atoms with Crippen molar-refractivity contribution in [3.05, 3.63) is 76.0 Å². The third-order valence-corrected chi connectivity index (χ3v) is 3.53. The lowest BCUT2D eigenvalue weighted by molar-refractivity contribution is 0.0957. The molecule has 0 aliphatic rings. The molecule has 0 saturated carbocycles. The zero-order valence-corrected chi connectivity index (χ0v) is 12.4. The molecule has 0 atom stereocenters. The van der Waals surface area contributed by atoms with Gasteiger partial charge in [0.15, 0.2) is 5.69 Å². The molecule has 0 aliphatic heterocycles. The first kappa shape index (κ1) is 14.9. The average Bonchev–Trinajstić information content (AvgIpc) is 2.57. The number of carbonyl (C=O) groups is 1. The number of aromatic nitrogens is 2. The van der Waals surface area contributed by atoms with Crippen molar-refractivity contribution >= 4 is 16.7 Å². The van der Waals surface area contributed by atoms with Crippen LogP contribution < -0.4 is 10.9 Å². The van der Waals surface area contributed by atoms with E-state index in [1.165, 1.54) is 23.9 Å². The average molecular weight is 311 g/mol. The lowest BCUT2D eigenvalue weighted by atomic mass is 10.1. The summed E-state index contributed by atoms with van der Waals surface area (Å²) >= 11 is 0. The van der Waals surface area contributed by atoms with Crippen LogP contribution in [0.2, 0.25) is 0 Å². The van der Waals surface area contributed by atoms with E-state index in [1.54, 1.807) is 36.4 Å². The maximum Gasteiger partial charge on any atom is 0.274 e. The van der Waals surface area contributed by atoms with Crippen molar-refractivity contribution in [3.8, 4) is 0 Å². The van der Waals surface area contributed by atoms with Crippen molar-refractivity contribution in [1.82, 2.24) is 15.1 Å². The summed E-state index contributed by atoms with van der Waals surface area (Å²) in [5.41, 5.74) is 0.439. The molecule has 1 aromatic heterocycles. The maximum absolute atomic E-state index is 13.3. The van der Waals surface area contributed by atoms with Crippen LogP contribution in [0.4, 0.5) is 4.39 Å². The van der Waals surface area contributed by atoms with Gasteiger partial charge >= 0.3 is 0 Å².